The van der Waals surface area contributed by atoms with Crippen molar-refractivity contribution in [3.8, 4) is 0 Å². The topological polar surface area (TPSA) is 182 Å². The molecule has 65 heavy (non-hydrogen) atoms. The second-order valence-corrected chi connectivity index (χ2v) is 20.7. The Kier molecular flexibility index (Phi) is 21.2. The molecule has 4 saturated carbocycles. The fourth-order valence-corrected chi connectivity index (χ4v) is 11.4. The lowest BCUT2D eigenvalue weighted by atomic mass is 9.53. The van der Waals surface area contributed by atoms with E-state index >= 15 is 0 Å². The van der Waals surface area contributed by atoms with Crippen LogP contribution in [0.1, 0.15) is 145 Å². The number of hydrogen-bond acceptors (Lipinski definition) is 12. The van der Waals surface area contributed by atoms with Gasteiger partial charge in [0.05, 0.1) is 24.9 Å². The molecule has 0 radical (unpaired) electrons. The molecular formula is C51H82N2O12. The Balaban J connectivity index is 1.29. The van der Waals surface area contributed by atoms with Gasteiger partial charge in [-0.15, -0.1) is 0 Å². The fourth-order valence-electron chi connectivity index (χ4n) is 11.4. The highest BCUT2D eigenvalue weighted by atomic mass is 16.6. The minimum atomic E-state index is -0.629. The van der Waals surface area contributed by atoms with E-state index < -0.39 is 36.3 Å². The molecule has 2 N–H and O–H groups in total. The monoisotopic (exact) mass is 915 g/mol. The summed E-state index contributed by atoms with van der Waals surface area (Å²) in [6, 6.07) is 0. The Labute approximate surface area is 388 Å². The molecule has 0 heterocycles. The van der Waals surface area contributed by atoms with Crippen LogP contribution in [0, 0.1) is 64.6 Å². The number of carbonyl (C=O) groups excluding carboxylic acids is 6. The van der Waals surface area contributed by atoms with E-state index in [2.05, 4.69) is 65.3 Å². The number of amides is 2. The average Bonchev–Trinajstić information content (AvgIpc) is 3.26. The smallest absolute Gasteiger partial charge is 0.407 e. The van der Waals surface area contributed by atoms with E-state index in [-0.39, 0.29) is 115 Å². The Morgan fingerprint density at radius 3 is 1.17 bits per heavy atom. The van der Waals surface area contributed by atoms with Gasteiger partial charge in [0, 0.05) is 11.1 Å². The summed E-state index contributed by atoms with van der Waals surface area (Å²) >= 11 is 0. The molecule has 6 atom stereocenters. The maximum atomic E-state index is 13.9. The first kappa shape index (κ1) is 53.5. The SMILES string of the molecule is C=C(C)C(=O)OCCNC(=O)OC(COC(=O)C1C(C)CC(C(C)(C)C2CC(C)C(C(=O)OCC(OC(=O)NCCOC(=O)C(=C)C)C3CCCCC3)C(C)C2)CC1C)C1CCCCC1. The Morgan fingerprint density at radius 1 is 0.538 bits per heavy atom. The molecule has 0 aromatic carbocycles. The molecular weight excluding hydrogens is 833 g/mol. The lowest BCUT2D eigenvalue weighted by Crippen LogP contribution is -2.47. The van der Waals surface area contributed by atoms with Crippen LogP contribution in [0.3, 0.4) is 0 Å². The zero-order valence-electron chi connectivity index (χ0n) is 40.9. The van der Waals surface area contributed by atoms with E-state index in [1.165, 1.54) is 0 Å². The van der Waals surface area contributed by atoms with Crippen molar-refractivity contribution in [1.82, 2.24) is 10.6 Å². The van der Waals surface area contributed by atoms with Gasteiger partial charge in [-0.2, -0.15) is 0 Å². The van der Waals surface area contributed by atoms with Gasteiger partial charge in [0.15, 0.2) is 0 Å². The average molecular weight is 915 g/mol. The first-order valence-corrected chi connectivity index (χ1v) is 24.7. The molecule has 4 aliphatic rings. The molecule has 14 heteroatoms. The minimum absolute atomic E-state index is 0.00402. The number of rotatable bonds is 20. The van der Waals surface area contributed by atoms with Crippen molar-refractivity contribution in [2.45, 2.75) is 157 Å². The van der Waals surface area contributed by atoms with Crippen LogP contribution in [0.2, 0.25) is 0 Å². The normalized spacial score (nSPS) is 27.4. The number of nitrogens with one attached hydrogen (secondary N) is 2. The standard InChI is InChI=1S/C51H82N2O12/c1-31(2)45(54)60-23-21-52-49(58)64-41(37-17-13-11-14-18-37)29-62-47(56)43-33(5)25-39(26-34(43)6)51(9,10)40-27-35(7)44(36(8)28-40)48(57)63-30-42(38-19-15-12-16-20-38)65-50(59)53-22-24-61-46(55)32(3)4/h33-44H,1,3,11-30H2,2,4-10H3,(H,52,58)(H,53,59). The summed E-state index contributed by atoms with van der Waals surface area (Å²) in [5.74, 6) is -0.739. The molecule has 4 aliphatic carbocycles. The van der Waals surface area contributed by atoms with Crippen LogP contribution in [-0.4, -0.2) is 87.8 Å². The third-order valence-corrected chi connectivity index (χ3v) is 15.3. The summed E-state index contributed by atoms with van der Waals surface area (Å²) in [5.41, 5.74) is 0.523. The summed E-state index contributed by atoms with van der Waals surface area (Å²) in [6.07, 6.45) is 11.2. The summed E-state index contributed by atoms with van der Waals surface area (Å²) < 4.78 is 33.9. The molecule has 4 fully saturated rings. The largest absolute Gasteiger partial charge is 0.461 e. The van der Waals surface area contributed by atoms with Crippen molar-refractivity contribution >= 4 is 36.1 Å². The highest BCUT2D eigenvalue weighted by Crippen LogP contribution is 2.54. The van der Waals surface area contributed by atoms with Crippen LogP contribution in [0.5, 0.6) is 0 Å². The van der Waals surface area contributed by atoms with Gasteiger partial charge < -0.3 is 39.1 Å². The van der Waals surface area contributed by atoms with Crippen LogP contribution >= 0.6 is 0 Å². The Hall–Kier alpha value is -4.10. The molecule has 0 aromatic rings. The van der Waals surface area contributed by atoms with Gasteiger partial charge in [-0.25, -0.2) is 19.2 Å². The summed E-state index contributed by atoms with van der Waals surface area (Å²) in [6.45, 7) is 23.8. The van der Waals surface area contributed by atoms with Crippen molar-refractivity contribution < 1.29 is 57.2 Å². The predicted molar refractivity (Wildman–Crippen MR) is 246 cm³/mol. The van der Waals surface area contributed by atoms with E-state index in [4.69, 9.17) is 28.4 Å². The second-order valence-electron chi connectivity index (χ2n) is 20.7. The fraction of sp³-hybridized carbons (Fsp3) is 0.804. The molecule has 0 bridgehead atoms. The number of ether oxygens (including phenoxy) is 6. The number of carbonyl (C=O) groups is 6. The van der Waals surface area contributed by atoms with Crippen molar-refractivity contribution in [2.75, 3.05) is 39.5 Å². The van der Waals surface area contributed by atoms with Gasteiger partial charge in [0.25, 0.3) is 0 Å². The molecule has 4 rings (SSSR count). The number of esters is 4. The predicted octanol–water partition coefficient (Wildman–Crippen LogP) is 9.28. The second kappa shape index (κ2) is 25.7. The molecule has 14 nitrogen and oxygen atoms in total. The van der Waals surface area contributed by atoms with Crippen molar-refractivity contribution in [2.24, 2.45) is 64.6 Å². The van der Waals surface area contributed by atoms with E-state index in [1.807, 2.05) is 0 Å². The zero-order chi connectivity index (χ0) is 47.8. The van der Waals surface area contributed by atoms with Crippen LogP contribution in [0.15, 0.2) is 24.3 Å². The Bertz CT molecular complexity index is 1490. The molecule has 2 amide bonds. The third kappa shape index (κ3) is 16.0. The first-order valence-electron chi connectivity index (χ1n) is 24.7. The van der Waals surface area contributed by atoms with Gasteiger partial charge in [-0.05, 0) is 118 Å². The van der Waals surface area contributed by atoms with Crippen LogP contribution in [0.25, 0.3) is 0 Å². The van der Waals surface area contributed by atoms with Crippen LogP contribution in [0.4, 0.5) is 9.59 Å². The molecule has 368 valence electrons. The van der Waals surface area contributed by atoms with Gasteiger partial charge in [0.1, 0.15) is 38.6 Å². The van der Waals surface area contributed by atoms with E-state index in [9.17, 15) is 28.8 Å². The highest BCUT2D eigenvalue weighted by molar-refractivity contribution is 5.87. The van der Waals surface area contributed by atoms with Gasteiger partial charge >= 0.3 is 36.1 Å². The molecule has 6 unspecified atom stereocenters. The van der Waals surface area contributed by atoms with E-state index in [0.29, 0.717) is 11.8 Å². The summed E-state index contributed by atoms with van der Waals surface area (Å²) in [5, 5.41) is 5.30. The minimum Gasteiger partial charge on any atom is -0.461 e. The first-order chi connectivity index (χ1) is 30.8. The third-order valence-electron chi connectivity index (χ3n) is 15.3. The zero-order valence-corrected chi connectivity index (χ0v) is 40.9. The van der Waals surface area contributed by atoms with Crippen molar-refractivity contribution in [3.63, 3.8) is 0 Å². The summed E-state index contributed by atoms with van der Waals surface area (Å²) in [4.78, 5) is 76.7. The van der Waals surface area contributed by atoms with Gasteiger partial charge in [0.2, 0.25) is 0 Å². The maximum Gasteiger partial charge on any atom is 0.407 e. The van der Waals surface area contributed by atoms with Gasteiger partial charge in [-0.1, -0.05) is 93.2 Å². The van der Waals surface area contributed by atoms with E-state index in [1.54, 1.807) is 13.8 Å². The Morgan fingerprint density at radius 2 is 0.862 bits per heavy atom. The maximum absolute atomic E-state index is 13.9. The lowest BCUT2D eigenvalue weighted by Gasteiger charge is -2.51. The quantitative estimate of drug-likeness (QED) is 0.0512. The molecule has 0 aromatic heterocycles. The molecule has 0 spiro atoms. The molecule has 0 saturated heterocycles. The number of hydrogen-bond donors (Lipinski definition) is 2. The highest BCUT2D eigenvalue weighted by Gasteiger charge is 2.50. The van der Waals surface area contributed by atoms with Gasteiger partial charge in [-0.3, -0.25) is 9.59 Å². The lowest BCUT2D eigenvalue weighted by molar-refractivity contribution is -0.161. The van der Waals surface area contributed by atoms with Crippen LogP contribution in [-0.2, 0) is 47.6 Å². The summed E-state index contributed by atoms with van der Waals surface area (Å²) in [7, 11) is 0. The van der Waals surface area contributed by atoms with E-state index in [0.717, 1.165) is 89.9 Å². The van der Waals surface area contributed by atoms with Crippen molar-refractivity contribution in [1.29, 1.82) is 0 Å². The molecule has 0 aliphatic heterocycles. The van der Waals surface area contributed by atoms with Crippen LogP contribution < -0.4 is 10.6 Å². The number of alkyl carbamates (subject to hydrolysis) is 2. The van der Waals surface area contributed by atoms with Crippen molar-refractivity contribution in [3.05, 3.63) is 24.3 Å².